The second-order valence-electron chi connectivity index (χ2n) is 5.61. The van der Waals surface area contributed by atoms with Crippen LogP contribution in [0.1, 0.15) is 25.0 Å². The Kier molecular flexibility index (Phi) is 4.01. The summed E-state index contributed by atoms with van der Waals surface area (Å²) in [5.74, 6) is 1.76. The molecule has 0 amide bonds. The third-order valence-corrected chi connectivity index (χ3v) is 5.07. The van der Waals surface area contributed by atoms with Crippen molar-refractivity contribution in [3.63, 3.8) is 0 Å². The van der Waals surface area contributed by atoms with Crippen molar-refractivity contribution < 1.29 is 14.4 Å². The molecule has 1 fully saturated rings. The smallest absolute Gasteiger partial charge is 0.303 e. The largest absolute Gasteiger partial charge is 0.481 e. The number of benzene rings is 1. The predicted octanol–water partition coefficient (Wildman–Crippen LogP) is 3.83. The molecule has 0 aliphatic heterocycles. The lowest BCUT2D eigenvalue weighted by Crippen LogP contribution is -2.11. The molecule has 4 nitrogen and oxygen atoms in total. The molecule has 3 rings (SSSR count). The van der Waals surface area contributed by atoms with E-state index in [1.807, 2.05) is 36.4 Å². The van der Waals surface area contributed by atoms with Gasteiger partial charge < -0.3 is 9.63 Å². The third-order valence-electron chi connectivity index (χ3n) is 3.76. The normalized spacial score (nSPS) is 15.8. The summed E-state index contributed by atoms with van der Waals surface area (Å²) in [5.41, 5.74) is 1.92. The molecule has 21 heavy (non-hydrogen) atoms. The van der Waals surface area contributed by atoms with Crippen molar-refractivity contribution >= 4 is 17.7 Å². The van der Waals surface area contributed by atoms with E-state index < -0.39 is 5.97 Å². The Hall–Kier alpha value is -1.75. The van der Waals surface area contributed by atoms with Crippen LogP contribution in [0.3, 0.4) is 0 Å². The zero-order valence-electron chi connectivity index (χ0n) is 11.6. The van der Waals surface area contributed by atoms with Gasteiger partial charge in [0.2, 0.25) is 0 Å². The van der Waals surface area contributed by atoms with E-state index in [4.69, 9.17) is 9.63 Å². The average molecular weight is 303 g/mol. The lowest BCUT2D eigenvalue weighted by atomic mass is 10.1. The molecule has 0 atom stereocenters. The Bertz CT molecular complexity index is 619. The maximum atomic E-state index is 10.8. The lowest BCUT2D eigenvalue weighted by molar-refractivity contribution is -0.138. The minimum absolute atomic E-state index is 0.0266. The van der Waals surface area contributed by atoms with Crippen LogP contribution in [0.5, 0.6) is 0 Å². The molecule has 1 aromatic heterocycles. The van der Waals surface area contributed by atoms with Crippen molar-refractivity contribution in [3.8, 4) is 11.3 Å². The molecular weight excluding hydrogens is 286 g/mol. The van der Waals surface area contributed by atoms with Crippen molar-refractivity contribution in [2.75, 3.05) is 5.75 Å². The second kappa shape index (κ2) is 5.93. The van der Waals surface area contributed by atoms with Gasteiger partial charge in [0.15, 0.2) is 0 Å². The molecule has 1 saturated carbocycles. The van der Waals surface area contributed by atoms with Gasteiger partial charge in [-0.05, 0) is 24.0 Å². The number of aromatic nitrogens is 1. The summed E-state index contributed by atoms with van der Waals surface area (Å²) in [6.45, 7) is 0. The van der Waals surface area contributed by atoms with Crippen LogP contribution < -0.4 is 0 Å². The number of nitrogens with zero attached hydrogens (tertiary/aromatic N) is 1. The molecule has 0 unspecified atom stereocenters. The first-order valence-corrected chi connectivity index (χ1v) is 8.13. The van der Waals surface area contributed by atoms with Crippen LogP contribution in [0.25, 0.3) is 11.3 Å². The SMILES string of the molecule is O=C(O)CC1(CSCc2cc(-c3ccccc3)no2)CC1. The molecule has 1 N–H and O–H groups in total. The highest BCUT2D eigenvalue weighted by Gasteiger charge is 2.44. The van der Waals surface area contributed by atoms with Crippen LogP contribution in [0.15, 0.2) is 40.9 Å². The number of rotatable bonds is 7. The van der Waals surface area contributed by atoms with Gasteiger partial charge in [0, 0.05) is 11.6 Å². The molecule has 2 aromatic rings. The number of thioether (sulfide) groups is 1. The first kappa shape index (κ1) is 14.2. The average Bonchev–Trinajstić information content (AvgIpc) is 3.05. The molecule has 0 saturated heterocycles. The van der Waals surface area contributed by atoms with Crippen LogP contribution in [0.4, 0.5) is 0 Å². The van der Waals surface area contributed by atoms with Gasteiger partial charge in [-0.3, -0.25) is 4.79 Å². The van der Waals surface area contributed by atoms with E-state index in [0.717, 1.165) is 41.4 Å². The fourth-order valence-corrected chi connectivity index (χ4v) is 3.63. The molecule has 0 spiro atoms. The maximum Gasteiger partial charge on any atom is 0.303 e. The number of carboxylic acids is 1. The van der Waals surface area contributed by atoms with Crippen molar-refractivity contribution in [1.29, 1.82) is 0 Å². The topological polar surface area (TPSA) is 63.3 Å². The highest BCUT2D eigenvalue weighted by molar-refractivity contribution is 7.98. The van der Waals surface area contributed by atoms with Gasteiger partial charge in [0.25, 0.3) is 0 Å². The van der Waals surface area contributed by atoms with E-state index in [-0.39, 0.29) is 11.8 Å². The van der Waals surface area contributed by atoms with Crippen LogP contribution in [-0.4, -0.2) is 22.0 Å². The van der Waals surface area contributed by atoms with Crippen LogP contribution in [-0.2, 0) is 10.5 Å². The first-order valence-electron chi connectivity index (χ1n) is 6.97. The molecule has 5 heteroatoms. The predicted molar refractivity (Wildman–Crippen MR) is 82.0 cm³/mol. The third kappa shape index (κ3) is 3.67. The summed E-state index contributed by atoms with van der Waals surface area (Å²) in [5, 5.41) is 13.0. The Morgan fingerprint density at radius 3 is 2.76 bits per heavy atom. The van der Waals surface area contributed by atoms with Gasteiger partial charge in [0.05, 0.1) is 12.2 Å². The number of aliphatic carboxylic acids is 1. The van der Waals surface area contributed by atoms with Crippen LogP contribution in [0, 0.1) is 5.41 Å². The highest BCUT2D eigenvalue weighted by atomic mass is 32.2. The summed E-state index contributed by atoms with van der Waals surface area (Å²) in [6, 6.07) is 11.9. The van der Waals surface area contributed by atoms with Crippen molar-refractivity contribution in [2.24, 2.45) is 5.41 Å². The van der Waals surface area contributed by atoms with Crippen LogP contribution >= 0.6 is 11.8 Å². The van der Waals surface area contributed by atoms with Crippen LogP contribution in [0.2, 0.25) is 0 Å². The van der Waals surface area contributed by atoms with Gasteiger partial charge in [-0.2, -0.15) is 11.8 Å². The quantitative estimate of drug-likeness (QED) is 0.842. The number of hydrogen-bond donors (Lipinski definition) is 1. The van der Waals surface area contributed by atoms with Gasteiger partial charge in [0.1, 0.15) is 11.5 Å². The molecule has 1 heterocycles. The van der Waals surface area contributed by atoms with Gasteiger partial charge in [-0.1, -0.05) is 35.5 Å². The molecule has 0 radical (unpaired) electrons. The minimum Gasteiger partial charge on any atom is -0.481 e. The summed E-state index contributed by atoms with van der Waals surface area (Å²) < 4.78 is 5.35. The van der Waals surface area contributed by atoms with E-state index in [2.05, 4.69) is 5.16 Å². The Balaban J connectivity index is 1.53. The molecule has 0 bridgehead atoms. The Labute approximate surface area is 127 Å². The van der Waals surface area contributed by atoms with Gasteiger partial charge in [-0.25, -0.2) is 0 Å². The summed E-state index contributed by atoms with van der Waals surface area (Å²) in [4.78, 5) is 10.8. The van der Waals surface area contributed by atoms with Gasteiger partial charge >= 0.3 is 5.97 Å². The number of carbonyl (C=O) groups is 1. The zero-order valence-corrected chi connectivity index (χ0v) is 12.4. The van der Waals surface area contributed by atoms with Crippen molar-refractivity contribution in [1.82, 2.24) is 5.16 Å². The van der Waals surface area contributed by atoms with E-state index in [9.17, 15) is 4.79 Å². The van der Waals surface area contributed by atoms with Crippen molar-refractivity contribution in [2.45, 2.75) is 25.0 Å². The molecular formula is C16H17NO3S. The molecule has 110 valence electrons. The number of carboxylic acid groups (broad SMARTS) is 1. The van der Waals surface area contributed by atoms with E-state index in [1.54, 1.807) is 11.8 Å². The summed E-state index contributed by atoms with van der Waals surface area (Å²) in [6.07, 6.45) is 2.33. The van der Waals surface area contributed by atoms with E-state index in [1.165, 1.54) is 0 Å². The highest BCUT2D eigenvalue weighted by Crippen LogP contribution is 2.51. The number of hydrogen-bond acceptors (Lipinski definition) is 4. The first-order chi connectivity index (χ1) is 10.2. The lowest BCUT2D eigenvalue weighted by Gasteiger charge is -2.10. The standard InChI is InChI=1S/C16H17NO3S/c18-15(19)9-16(6-7-16)11-21-10-13-8-14(17-20-13)12-4-2-1-3-5-12/h1-5,8H,6-7,9-11H2,(H,18,19). The molecule has 1 aliphatic carbocycles. The fraction of sp³-hybridized carbons (Fsp3) is 0.375. The summed E-state index contributed by atoms with van der Waals surface area (Å²) >= 11 is 1.73. The summed E-state index contributed by atoms with van der Waals surface area (Å²) in [7, 11) is 0. The molecule has 1 aromatic carbocycles. The monoisotopic (exact) mass is 303 g/mol. The Morgan fingerprint density at radius 1 is 1.33 bits per heavy atom. The zero-order chi connectivity index (χ0) is 14.7. The minimum atomic E-state index is -0.695. The second-order valence-corrected chi connectivity index (χ2v) is 6.59. The fourth-order valence-electron chi connectivity index (χ4n) is 2.36. The van der Waals surface area contributed by atoms with E-state index >= 15 is 0 Å². The van der Waals surface area contributed by atoms with E-state index in [0.29, 0.717) is 0 Å². The van der Waals surface area contributed by atoms with Crippen molar-refractivity contribution in [3.05, 3.63) is 42.2 Å². The Morgan fingerprint density at radius 2 is 2.10 bits per heavy atom. The molecule has 1 aliphatic rings. The maximum absolute atomic E-state index is 10.8. The van der Waals surface area contributed by atoms with Gasteiger partial charge in [-0.15, -0.1) is 0 Å².